The lowest BCUT2D eigenvalue weighted by atomic mass is 10.2. The van der Waals surface area contributed by atoms with Crippen LogP contribution in [0.4, 0.5) is 11.4 Å². The summed E-state index contributed by atoms with van der Waals surface area (Å²) in [6.45, 7) is 4.09. The van der Waals surface area contributed by atoms with E-state index in [9.17, 15) is 25.0 Å². The molecule has 13 nitrogen and oxygen atoms in total. The number of nitrogens with one attached hydrogen (secondary N) is 1. The van der Waals surface area contributed by atoms with Crippen molar-refractivity contribution >= 4 is 23.5 Å². The third-order valence-corrected chi connectivity index (χ3v) is 6.75. The first-order valence-corrected chi connectivity index (χ1v) is 13.6. The maximum absolute atomic E-state index is 12.6. The molecule has 5 aromatic rings. The Morgan fingerprint density at radius 1 is 0.867 bits per heavy atom. The van der Waals surface area contributed by atoms with Crippen molar-refractivity contribution in [2.75, 3.05) is 0 Å². The van der Waals surface area contributed by atoms with Crippen LogP contribution in [-0.4, -0.2) is 26.5 Å². The minimum Gasteiger partial charge on any atom is -0.486 e. The Morgan fingerprint density at radius 3 is 2.24 bits per heavy atom. The lowest BCUT2D eigenvalue weighted by Crippen LogP contribution is -2.17. The second kappa shape index (κ2) is 13.4. The zero-order valence-electron chi connectivity index (χ0n) is 24.2. The van der Waals surface area contributed by atoms with Crippen LogP contribution in [0.15, 0.2) is 101 Å². The van der Waals surface area contributed by atoms with Crippen LogP contribution in [0, 0.1) is 34.1 Å². The number of furan rings is 1. The molecule has 0 atom stereocenters. The molecular formula is C32H27N5O8. The topological polar surface area (TPSA) is 164 Å². The standard InChI is InChI=1S/C32H27N5O8/c1-21-6-7-22(2)35(21)25-12-14-27(15-13-25)43-20-28-16-17-30(45-28)32(38)34-33-18-24-4-3-5-29(37(41)42)31(24)44-19-23-8-10-26(11-9-23)36(39)40/h3-18H,19-20H2,1-2H3,(H,34,38)/b33-18+. The molecule has 5 rings (SSSR count). The average molecular weight is 610 g/mol. The van der Waals surface area contributed by atoms with E-state index in [0.29, 0.717) is 17.1 Å². The number of nitro benzene ring substituents is 2. The van der Waals surface area contributed by atoms with Crippen molar-refractivity contribution < 1.29 is 28.5 Å². The number of hydrogen-bond donors (Lipinski definition) is 1. The summed E-state index contributed by atoms with van der Waals surface area (Å²) < 4.78 is 19.3. The van der Waals surface area contributed by atoms with Crippen molar-refractivity contribution in [1.82, 2.24) is 9.99 Å². The van der Waals surface area contributed by atoms with Crippen LogP contribution in [0.3, 0.4) is 0 Å². The number of para-hydroxylation sites is 1. The Kier molecular flexibility index (Phi) is 8.99. The van der Waals surface area contributed by atoms with Gasteiger partial charge in [-0.05, 0) is 86.1 Å². The van der Waals surface area contributed by atoms with Gasteiger partial charge in [0.1, 0.15) is 24.7 Å². The zero-order chi connectivity index (χ0) is 31.9. The second-order valence-electron chi connectivity index (χ2n) is 9.86. The van der Waals surface area contributed by atoms with E-state index in [0.717, 1.165) is 17.1 Å². The SMILES string of the molecule is Cc1ccc(C)n1-c1ccc(OCc2ccc(C(=O)N/N=C/c3cccc([N+](=O)[O-])c3OCc3ccc([N+](=O)[O-])cc3)o2)cc1. The number of hydrazone groups is 1. The maximum atomic E-state index is 12.6. The van der Waals surface area contributed by atoms with Gasteiger partial charge in [0.2, 0.25) is 5.75 Å². The molecule has 2 aromatic heterocycles. The van der Waals surface area contributed by atoms with E-state index < -0.39 is 15.8 Å². The number of nitrogens with zero attached hydrogens (tertiary/aromatic N) is 4. The molecule has 0 aliphatic rings. The van der Waals surface area contributed by atoms with E-state index in [4.69, 9.17) is 13.9 Å². The first-order valence-electron chi connectivity index (χ1n) is 13.6. The van der Waals surface area contributed by atoms with E-state index in [2.05, 4.69) is 27.2 Å². The number of amides is 1. The van der Waals surface area contributed by atoms with Crippen molar-refractivity contribution in [3.05, 3.63) is 145 Å². The number of benzene rings is 3. The fraction of sp³-hybridized carbons (Fsp3) is 0.125. The number of rotatable bonds is 12. The molecule has 1 N–H and O–H groups in total. The van der Waals surface area contributed by atoms with E-state index in [1.165, 1.54) is 54.7 Å². The van der Waals surface area contributed by atoms with Crippen LogP contribution in [0.25, 0.3) is 5.69 Å². The fourth-order valence-corrected chi connectivity index (χ4v) is 4.53. The monoisotopic (exact) mass is 609 g/mol. The molecule has 0 fully saturated rings. The number of carbonyl (C=O) groups excluding carboxylic acids is 1. The van der Waals surface area contributed by atoms with Gasteiger partial charge in [-0.2, -0.15) is 5.10 Å². The van der Waals surface area contributed by atoms with Crippen molar-refractivity contribution in [3.8, 4) is 17.2 Å². The number of hydrogen-bond acceptors (Lipinski definition) is 9. The summed E-state index contributed by atoms with van der Waals surface area (Å²) in [6.07, 6.45) is 1.21. The Labute approximate surface area is 256 Å². The molecule has 2 heterocycles. The largest absolute Gasteiger partial charge is 0.486 e. The smallest absolute Gasteiger partial charge is 0.311 e. The van der Waals surface area contributed by atoms with Gasteiger partial charge in [0.25, 0.3) is 5.69 Å². The number of nitro groups is 2. The van der Waals surface area contributed by atoms with Crippen LogP contribution in [0.5, 0.6) is 11.5 Å². The number of carbonyl (C=O) groups is 1. The number of aryl methyl sites for hydroxylation is 2. The first kappa shape index (κ1) is 30.2. The van der Waals surface area contributed by atoms with Gasteiger partial charge in [-0.3, -0.25) is 25.0 Å². The van der Waals surface area contributed by atoms with E-state index in [1.807, 2.05) is 38.1 Å². The molecule has 0 radical (unpaired) electrons. The van der Waals surface area contributed by atoms with Crippen LogP contribution < -0.4 is 14.9 Å². The fourth-order valence-electron chi connectivity index (χ4n) is 4.53. The molecule has 0 unspecified atom stereocenters. The summed E-state index contributed by atoms with van der Waals surface area (Å²) in [5.74, 6) is 0.331. The van der Waals surface area contributed by atoms with Gasteiger partial charge in [0.15, 0.2) is 5.76 Å². The molecule has 0 aliphatic carbocycles. The Balaban J connectivity index is 1.19. The third kappa shape index (κ3) is 7.22. The minimum atomic E-state index is -0.641. The van der Waals surface area contributed by atoms with Gasteiger partial charge in [-0.25, -0.2) is 5.43 Å². The minimum absolute atomic E-state index is 0.00616. The van der Waals surface area contributed by atoms with E-state index in [1.54, 1.807) is 6.07 Å². The predicted octanol–water partition coefficient (Wildman–Crippen LogP) is 6.43. The molecule has 0 saturated carbocycles. The number of aromatic nitrogens is 1. The Morgan fingerprint density at radius 2 is 1.58 bits per heavy atom. The summed E-state index contributed by atoms with van der Waals surface area (Å²) in [4.78, 5) is 34.0. The predicted molar refractivity (Wildman–Crippen MR) is 164 cm³/mol. The molecule has 0 saturated heterocycles. The highest BCUT2D eigenvalue weighted by Crippen LogP contribution is 2.31. The second-order valence-corrected chi connectivity index (χ2v) is 9.86. The van der Waals surface area contributed by atoms with Crippen LogP contribution in [0.1, 0.15) is 38.8 Å². The lowest BCUT2D eigenvalue weighted by molar-refractivity contribution is -0.386. The quantitative estimate of drug-likeness (QED) is 0.0961. The lowest BCUT2D eigenvalue weighted by Gasteiger charge is -2.10. The van der Waals surface area contributed by atoms with Crippen LogP contribution >= 0.6 is 0 Å². The highest BCUT2D eigenvalue weighted by molar-refractivity contribution is 5.93. The molecule has 228 valence electrons. The van der Waals surface area contributed by atoms with E-state index >= 15 is 0 Å². The summed E-state index contributed by atoms with van der Waals surface area (Å²) in [5, 5.41) is 26.4. The zero-order valence-corrected chi connectivity index (χ0v) is 24.2. The van der Waals surface area contributed by atoms with Gasteiger partial charge in [-0.1, -0.05) is 6.07 Å². The Hall–Kier alpha value is -6.24. The first-order chi connectivity index (χ1) is 21.7. The summed E-state index contributed by atoms with van der Waals surface area (Å²) in [6, 6.07) is 24.7. The molecule has 3 aromatic carbocycles. The number of non-ortho nitro benzene ring substituents is 1. The molecule has 13 heteroatoms. The van der Waals surface area contributed by atoms with Gasteiger partial charge in [0.05, 0.1) is 16.1 Å². The molecule has 0 spiro atoms. The molecular weight excluding hydrogens is 582 g/mol. The molecule has 0 aliphatic heterocycles. The summed E-state index contributed by atoms with van der Waals surface area (Å²) >= 11 is 0. The summed E-state index contributed by atoms with van der Waals surface area (Å²) in [5.41, 5.74) is 6.00. The third-order valence-electron chi connectivity index (χ3n) is 6.75. The molecule has 45 heavy (non-hydrogen) atoms. The highest BCUT2D eigenvalue weighted by Gasteiger charge is 2.19. The van der Waals surface area contributed by atoms with Gasteiger partial charge >= 0.3 is 11.6 Å². The molecule has 0 bridgehead atoms. The van der Waals surface area contributed by atoms with Crippen molar-refractivity contribution in [2.45, 2.75) is 27.1 Å². The van der Waals surface area contributed by atoms with Gasteiger partial charge < -0.3 is 18.5 Å². The van der Waals surface area contributed by atoms with Crippen molar-refractivity contribution in [1.29, 1.82) is 0 Å². The van der Waals surface area contributed by atoms with Crippen LogP contribution in [0.2, 0.25) is 0 Å². The van der Waals surface area contributed by atoms with Crippen LogP contribution in [-0.2, 0) is 13.2 Å². The normalized spacial score (nSPS) is 11.0. The average Bonchev–Trinajstić information content (AvgIpc) is 3.65. The maximum Gasteiger partial charge on any atom is 0.311 e. The Bertz CT molecular complexity index is 1860. The number of ether oxygens (including phenoxy) is 2. The van der Waals surface area contributed by atoms with Crippen molar-refractivity contribution in [3.63, 3.8) is 0 Å². The van der Waals surface area contributed by atoms with Gasteiger partial charge in [0, 0.05) is 40.8 Å². The molecule has 1 amide bonds. The highest BCUT2D eigenvalue weighted by atomic mass is 16.6. The van der Waals surface area contributed by atoms with E-state index in [-0.39, 0.29) is 41.7 Å². The van der Waals surface area contributed by atoms with Gasteiger partial charge in [-0.15, -0.1) is 0 Å². The summed E-state index contributed by atoms with van der Waals surface area (Å²) in [7, 11) is 0. The van der Waals surface area contributed by atoms with Crippen molar-refractivity contribution in [2.24, 2.45) is 5.10 Å².